The predicted molar refractivity (Wildman–Crippen MR) is 125 cm³/mol. The standard InChI is InChI=1S/C25H20N8O/c1-15(20-12-21(28-25(34)18-6-7-18)24-27-10-11-33(24)31-20)23-30-29-22-9-8-19(14-32(22)23)17-4-2-16(13-26)3-5-17/h2-5,8-12,14-15,18H,6-7H2,1H3,(H,28,34). The lowest BCUT2D eigenvalue weighted by Crippen LogP contribution is -2.16. The number of benzene rings is 1. The number of anilines is 1. The summed E-state index contributed by atoms with van der Waals surface area (Å²) in [5.41, 5.74) is 5.33. The van der Waals surface area contributed by atoms with E-state index in [-0.39, 0.29) is 17.7 Å². The molecule has 0 aliphatic heterocycles. The van der Waals surface area contributed by atoms with E-state index >= 15 is 0 Å². The molecule has 1 aliphatic rings. The average Bonchev–Trinajstić information content (AvgIpc) is 3.47. The van der Waals surface area contributed by atoms with Gasteiger partial charge in [0.2, 0.25) is 5.91 Å². The van der Waals surface area contributed by atoms with Crippen LogP contribution in [0.2, 0.25) is 0 Å². The molecule has 6 rings (SSSR count). The molecule has 4 aromatic heterocycles. The Morgan fingerprint density at radius 3 is 2.71 bits per heavy atom. The molecular weight excluding hydrogens is 428 g/mol. The summed E-state index contributed by atoms with van der Waals surface area (Å²) in [5.74, 6) is 0.645. The van der Waals surface area contributed by atoms with E-state index < -0.39 is 0 Å². The van der Waals surface area contributed by atoms with Crippen LogP contribution in [-0.2, 0) is 4.79 Å². The molecule has 0 bridgehead atoms. The smallest absolute Gasteiger partial charge is 0.227 e. The molecule has 0 spiro atoms. The summed E-state index contributed by atoms with van der Waals surface area (Å²) in [5, 5.41) is 25.6. The second-order valence-corrected chi connectivity index (χ2v) is 8.56. The third kappa shape index (κ3) is 3.46. The summed E-state index contributed by atoms with van der Waals surface area (Å²) in [4.78, 5) is 16.8. The van der Waals surface area contributed by atoms with E-state index in [1.165, 1.54) is 0 Å². The van der Waals surface area contributed by atoms with Gasteiger partial charge in [0, 0.05) is 24.5 Å². The van der Waals surface area contributed by atoms with Gasteiger partial charge >= 0.3 is 0 Å². The van der Waals surface area contributed by atoms with Crippen molar-refractivity contribution in [2.45, 2.75) is 25.7 Å². The number of carbonyl (C=O) groups excluding carboxylic acids is 1. The number of amides is 1. The first-order chi connectivity index (χ1) is 16.6. The minimum absolute atomic E-state index is 0.0229. The highest BCUT2D eigenvalue weighted by atomic mass is 16.2. The van der Waals surface area contributed by atoms with Crippen molar-refractivity contribution in [1.82, 2.24) is 29.2 Å². The SMILES string of the molecule is CC(c1cc(NC(=O)C2CC2)c2nccn2n1)c1nnc2ccc(-c3ccc(C#N)cc3)cn12. The van der Waals surface area contributed by atoms with Crippen LogP contribution in [0, 0.1) is 17.2 Å². The van der Waals surface area contributed by atoms with Gasteiger partial charge in [0.25, 0.3) is 0 Å². The lowest BCUT2D eigenvalue weighted by atomic mass is 10.0. The van der Waals surface area contributed by atoms with Crippen molar-refractivity contribution in [3.05, 3.63) is 78.1 Å². The average molecular weight is 448 g/mol. The highest BCUT2D eigenvalue weighted by molar-refractivity contribution is 5.97. The zero-order valence-electron chi connectivity index (χ0n) is 18.4. The van der Waals surface area contributed by atoms with Gasteiger partial charge in [-0.1, -0.05) is 12.1 Å². The number of pyridine rings is 1. The molecule has 34 heavy (non-hydrogen) atoms. The Morgan fingerprint density at radius 2 is 1.94 bits per heavy atom. The minimum Gasteiger partial charge on any atom is -0.323 e. The number of carbonyl (C=O) groups is 1. The second-order valence-electron chi connectivity index (χ2n) is 8.56. The third-order valence-corrected chi connectivity index (χ3v) is 6.19. The van der Waals surface area contributed by atoms with Crippen LogP contribution in [0.1, 0.15) is 42.8 Å². The van der Waals surface area contributed by atoms with Crippen LogP contribution in [0.3, 0.4) is 0 Å². The molecule has 9 nitrogen and oxygen atoms in total. The van der Waals surface area contributed by atoms with Gasteiger partial charge in [-0.05, 0) is 61.2 Å². The van der Waals surface area contributed by atoms with Gasteiger partial charge in [0.1, 0.15) is 5.82 Å². The first kappa shape index (κ1) is 20.1. The molecule has 4 heterocycles. The normalized spacial score (nSPS) is 14.2. The van der Waals surface area contributed by atoms with E-state index in [9.17, 15) is 4.79 Å². The minimum atomic E-state index is -0.199. The lowest BCUT2D eigenvalue weighted by molar-refractivity contribution is -0.117. The summed E-state index contributed by atoms with van der Waals surface area (Å²) >= 11 is 0. The Morgan fingerprint density at radius 1 is 1.15 bits per heavy atom. The third-order valence-electron chi connectivity index (χ3n) is 6.19. The fraction of sp³-hybridized carbons (Fsp3) is 0.200. The summed E-state index contributed by atoms with van der Waals surface area (Å²) in [6.45, 7) is 2.02. The monoisotopic (exact) mass is 448 g/mol. The van der Waals surface area contributed by atoms with E-state index in [0.29, 0.717) is 16.9 Å². The Bertz CT molecular complexity index is 1590. The van der Waals surface area contributed by atoms with Crippen molar-refractivity contribution >= 4 is 22.9 Å². The number of rotatable bonds is 5. The van der Waals surface area contributed by atoms with Crippen LogP contribution in [-0.4, -0.2) is 35.1 Å². The van der Waals surface area contributed by atoms with Crippen LogP contribution in [0.4, 0.5) is 5.69 Å². The van der Waals surface area contributed by atoms with Crippen LogP contribution in [0.15, 0.2) is 61.1 Å². The molecular formula is C25H20N8O. The van der Waals surface area contributed by atoms with Crippen molar-refractivity contribution in [2.24, 2.45) is 5.92 Å². The van der Waals surface area contributed by atoms with Gasteiger partial charge < -0.3 is 5.32 Å². The second kappa shape index (κ2) is 7.78. The van der Waals surface area contributed by atoms with Gasteiger partial charge in [0.05, 0.1) is 28.9 Å². The maximum Gasteiger partial charge on any atom is 0.227 e. The van der Waals surface area contributed by atoms with Gasteiger partial charge in [-0.3, -0.25) is 9.20 Å². The number of nitrogens with zero attached hydrogens (tertiary/aromatic N) is 7. The van der Waals surface area contributed by atoms with E-state index in [1.807, 2.05) is 47.9 Å². The summed E-state index contributed by atoms with van der Waals surface area (Å²) < 4.78 is 3.64. The van der Waals surface area contributed by atoms with Gasteiger partial charge in [-0.25, -0.2) is 9.50 Å². The first-order valence-electron chi connectivity index (χ1n) is 11.1. The lowest BCUT2D eigenvalue weighted by Gasteiger charge is -2.13. The Hall–Kier alpha value is -4.58. The Kier molecular flexibility index (Phi) is 4.59. The maximum absolute atomic E-state index is 12.4. The highest BCUT2D eigenvalue weighted by Gasteiger charge is 2.30. The maximum atomic E-state index is 12.4. The van der Waals surface area contributed by atoms with Crippen molar-refractivity contribution in [1.29, 1.82) is 5.26 Å². The number of nitrogens with one attached hydrogen (secondary N) is 1. The Balaban J connectivity index is 1.39. The summed E-state index contributed by atoms with van der Waals surface area (Å²) in [6, 6.07) is 15.4. The number of aromatic nitrogens is 6. The number of nitriles is 1. The van der Waals surface area contributed by atoms with Gasteiger partial charge in [-0.15, -0.1) is 10.2 Å². The van der Waals surface area contributed by atoms with Crippen molar-refractivity contribution < 1.29 is 4.79 Å². The molecule has 1 unspecified atom stereocenters. The molecule has 166 valence electrons. The molecule has 1 saturated carbocycles. The molecule has 0 radical (unpaired) electrons. The van der Waals surface area contributed by atoms with Gasteiger partial charge in [-0.2, -0.15) is 10.4 Å². The zero-order chi connectivity index (χ0) is 23.2. The molecule has 0 saturated heterocycles. The molecule has 1 atom stereocenters. The van der Waals surface area contributed by atoms with Gasteiger partial charge in [0.15, 0.2) is 11.3 Å². The number of hydrogen-bond donors (Lipinski definition) is 1. The van der Waals surface area contributed by atoms with Crippen LogP contribution in [0.25, 0.3) is 22.4 Å². The van der Waals surface area contributed by atoms with Crippen molar-refractivity contribution in [3.63, 3.8) is 0 Å². The van der Waals surface area contributed by atoms with Crippen LogP contribution < -0.4 is 5.32 Å². The van der Waals surface area contributed by atoms with Crippen LogP contribution in [0.5, 0.6) is 0 Å². The number of imidazole rings is 1. The predicted octanol–water partition coefficient (Wildman–Crippen LogP) is 3.81. The number of fused-ring (bicyclic) bond motifs is 2. The largest absolute Gasteiger partial charge is 0.323 e. The van der Waals surface area contributed by atoms with Crippen molar-refractivity contribution in [3.8, 4) is 17.2 Å². The fourth-order valence-electron chi connectivity index (χ4n) is 4.06. The Labute approximate surface area is 194 Å². The molecule has 1 amide bonds. The topological polar surface area (TPSA) is 113 Å². The van der Waals surface area contributed by atoms with E-state index in [2.05, 4.69) is 26.6 Å². The summed E-state index contributed by atoms with van der Waals surface area (Å²) in [6.07, 6.45) is 7.29. The van der Waals surface area contributed by atoms with E-state index in [4.69, 9.17) is 10.4 Å². The molecule has 1 aliphatic carbocycles. The first-order valence-corrected chi connectivity index (χ1v) is 11.1. The molecule has 5 aromatic rings. The highest BCUT2D eigenvalue weighted by Crippen LogP contribution is 2.32. The van der Waals surface area contributed by atoms with Crippen LogP contribution >= 0.6 is 0 Å². The molecule has 1 N–H and O–H groups in total. The molecule has 1 fully saturated rings. The quantitative estimate of drug-likeness (QED) is 0.437. The molecule has 1 aromatic carbocycles. The fourth-order valence-corrected chi connectivity index (χ4v) is 4.06. The van der Waals surface area contributed by atoms with E-state index in [0.717, 1.165) is 41.1 Å². The van der Waals surface area contributed by atoms with E-state index in [1.54, 1.807) is 29.0 Å². The number of hydrogen-bond acceptors (Lipinski definition) is 6. The summed E-state index contributed by atoms with van der Waals surface area (Å²) in [7, 11) is 0. The zero-order valence-corrected chi connectivity index (χ0v) is 18.4. The molecule has 9 heteroatoms. The van der Waals surface area contributed by atoms with Crippen molar-refractivity contribution in [2.75, 3.05) is 5.32 Å².